The lowest BCUT2D eigenvalue weighted by Gasteiger charge is -2.25. The van der Waals surface area contributed by atoms with E-state index in [0.717, 1.165) is 5.69 Å². The van der Waals surface area contributed by atoms with Crippen LogP contribution in [0.15, 0.2) is 46.9 Å². The third-order valence-electron chi connectivity index (χ3n) is 5.16. The fourth-order valence-corrected chi connectivity index (χ4v) is 5.63. The van der Waals surface area contributed by atoms with Crippen molar-refractivity contribution in [2.75, 3.05) is 36.4 Å². The minimum absolute atomic E-state index is 0.133. The summed E-state index contributed by atoms with van der Waals surface area (Å²) in [6.07, 6.45) is 3.23. The molecule has 0 aliphatic rings. The van der Waals surface area contributed by atoms with Crippen LogP contribution in [0.25, 0.3) is 10.8 Å². The van der Waals surface area contributed by atoms with E-state index in [4.69, 9.17) is 0 Å². The molecular formula is C22H28N6O3S2. The van der Waals surface area contributed by atoms with E-state index in [-0.39, 0.29) is 10.6 Å². The molecule has 9 nitrogen and oxygen atoms in total. The molecular weight excluding hydrogens is 460 g/mol. The first-order valence-corrected chi connectivity index (χ1v) is 13.1. The number of carbonyl (C=O) groups excluding carboxylic acids is 1. The average molecular weight is 489 g/mol. The standard InChI is InChI=1S/C22H28N6O3S2/c1-5-27(6-2)19-11-10-16(33(30,31)28(7-3)8-4)14-17(19)25-21(29)18-15-32-22(26-18)20-23-12-9-13-24-20/h9-15H,5-8H2,1-4H3,(H,25,29). The molecule has 3 aromatic rings. The number of sulfonamides is 1. The maximum Gasteiger partial charge on any atom is 0.275 e. The lowest BCUT2D eigenvalue weighted by molar-refractivity contribution is 0.102. The largest absolute Gasteiger partial charge is 0.370 e. The first-order valence-electron chi connectivity index (χ1n) is 10.8. The van der Waals surface area contributed by atoms with Crippen molar-refractivity contribution >= 4 is 38.6 Å². The van der Waals surface area contributed by atoms with E-state index >= 15 is 0 Å². The van der Waals surface area contributed by atoms with E-state index in [1.54, 1.807) is 49.8 Å². The summed E-state index contributed by atoms with van der Waals surface area (Å²) >= 11 is 1.27. The van der Waals surface area contributed by atoms with Gasteiger partial charge in [0.15, 0.2) is 10.8 Å². The highest BCUT2D eigenvalue weighted by Crippen LogP contribution is 2.31. The van der Waals surface area contributed by atoms with Crippen molar-refractivity contribution in [1.29, 1.82) is 0 Å². The van der Waals surface area contributed by atoms with Crippen LogP contribution in [-0.2, 0) is 10.0 Å². The van der Waals surface area contributed by atoms with Crippen molar-refractivity contribution in [2.45, 2.75) is 32.6 Å². The number of benzene rings is 1. The van der Waals surface area contributed by atoms with Gasteiger partial charge in [-0.15, -0.1) is 11.3 Å². The van der Waals surface area contributed by atoms with Crippen LogP contribution in [0, 0.1) is 0 Å². The van der Waals surface area contributed by atoms with Crippen molar-refractivity contribution < 1.29 is 13.2 Å². The first kappa shape index (κ1) is 24.7. The van der Waals surface area contributed by atoms with Gasteiger partial charge in [0, 0.05) is 44.0 Å². The summed E-state index contributed by atoms with van der Waals surface area (Å²) in [5, 5.41) is 5.03. The Morgan fingerprint density at radius 2 is 1.70 bits per heavy atom. The van der Waals surface area contributed by atoms with Crippen LogP contribution in [0.1, 0.15) is 38.2 Å². The van der Waals surface area contributed by atoms with Crippen molar-refractivity contribution in [3.05, 3.63) is 47.7 Å². The molecule has 1 aromatic carbocycles. The monoisotopic (exact) mass is 488 g/mol. The number of hydrogen-bond acceptors (Lipinski definition) is 8. The van der Waals surface area contributed by atoms with Crippen molar-refractivity contribution in [3.8, 4) is 10.8 Å². The molecule has 3 rings (SSSR count). The van der Waals surface area contributed by atoms with Gasteiger partial charge in [-0.1, -0.05) is 13.8 Å². The van der Waals surface area contributed by atoms with Crippen LogP contribution in [0.4, 0.5) is 11.4 Å². The lowest BCUT2D eigenvalue weighted by Crippen LogP contribution is -2.31. The highest BCUT2D eigenvalue weighted by molar-refractivity contribution is 7.89. The summed E-state index contributed by atoms with van der Waals surface area (Å²) in [6.45, 7) is 9.73. The van der Waals surface area contributed by atoms with Crippen LogP contribution < -0.4 is 10.2 Å². The predicted octanol–water partition coefficient (Wildman–Crippen LogP) is 3.73. The zero-order valence-corrected chi connectivity index (χ0v) is 20.8. The molecule has 0 aliphatic carbocycles. The Morgan fingerprint density at radius 3 is 2.30 bits per heavy atom. The van der Waals surface area contributed by atoms with Crippen molar-refractivity contribution in [2.24, 2.45) is 0 Å². The van der Waals surface area contributed by atoms with E-state index in [2.05, 4.69) is 20.3 Å². The molecule has 0 aliphatic heterocycles. The van der Waals surface area contributed by atoms with Gasteiger partial charge in [0.05, 0.1) is 16.3 Å². The minimum atomic E-state index is -3.68. The van der Waals surface area contributed by atoms with E-state index in [1.165, 1.54) is 21.7 Å². The van der Waals surface area contributed by atoms with Crippen LogP contribution in [-0.4, -0.2) is 59.8 Å². The molecule has 1 amide bonds. The van der Waals surface area contributed by atoms with E-state index in [9.17, 15) is 13.2 Å². The Balaban J connectivity index is 1.97. The number of nitrogens with zero attached hydrogens (tertiary/aromatic N) is 5. The molecule has 0 saturated heterocycles. The third kappa shape index (κ3) is 5.37. The van der Waals surface area contributed by atoms with Crippen LogP contribution in [0.5, 0.6) is 0 Å². The Kier molecular flexibility index (Phi) is 8.11. The third-order valence-corrected chi connectivity index (χ3v) is 8.04. The molecule has 0 fully saturated rings. The quantitative estimate of drug-likeness (QED) is 0.463. The van der Waals surface area contributed by atoms with Gasteiger partial charge in [-0.2, -0.15) is 4.31 Å². The highest BCUT2D eigenvalue weighted by atomic mass is 32.2. The van der Waals surface area contributed by atoms with Gasteiger partial charge in [0.1, 0.15) is 5.69 Å². The van der Waals surface area contributed by atoms with Gasteiger partial charge in [0.2, 0.25) is 10.0 Å². The summed E-state index contributed by atoms with van der Waals surface area (Å²) in [4.78, 5) is 27.9. The number of nitrogens with one attached hydrogen (secondary N) is 1. The number of hydrogen-bond donors (Lipinski definition) is 1. The molecule has 1 N–H and O–H groups in total. The van der Waals surface area contributed by atoms with Gasteiger partial charge < -0.3 is 10.2 Å². The smallest absolute Gasteiger partial charge is 0.275 e. The summed E-state index contributed by atoms with van der Waals surface area (Å²) in [7, 11) is -3.68. The molecule has 0 saturated carbocycles. The maximum absolute atomic E-state index is 13.1. The summed E-state index contributed by atoms with van der Waals surface area (Å²) in [6, 6.07) is 6.56. The normalized spacial score (nSPS) is 11.5. The average Bonchev–Trinajstić information content (AvgIpc) is 3.32. The Labute approximate surface area is 198 Å². The number of anilines is 2. The fourth-order valence-electron chi connectivity index (χ4n) is 3.40. The Morgan fingerprint density at radius 1 is 1.03 bits per heavy atom. The molecule has 0 bridgehead atoms. The number of rotatable bonds is 10. The molecule has 0 atom stereocenters. The number of carbonyl (C=O) groups is 1. The molecule has 11 heteroatoms. The van der Waals surface area contributed by atoms with E-state index in [1.807, 2.05) is 18.7 Å². The molecule has 2 aromatic heterocycles. The minimum Gasteiger partial charge on any atom is -0.370 e. The topological polar surface area (TPSA) is 108 Å². The predicted molar refractivity (Wildman–Crippen MR) is 131 cm³/mol. The Hall–Kier alpha value is -2.89. The van der Waals surface area contributed by atoms with Crippen LogP contribution in [0.3, 0.4) is 0 Å². The lowest BCUT2D eigenvalue weighted by atomic mass is 10.2. The maximum atomic E-state index is 13.1. The first-order chi connectivity index (χ1) is 15.8. The van der Waals surface area contributed by atoms with Crippen LogP contribution in [0.2, 0.25) is 0 Å². The zero-order valence-electron chi connectivity index (χ0n) is 19.1. The molecule has 0 unspecified atom stereocenters. The second-order valence-corrected chi connectivity index (χ2v) is 9.80. The molecule has 2 heterocycles. The molecule has 33 heavy (non-hydrogen) atoms. The number of amides is 1. The zero-order chi connectivity index (χ0) is 24.0. The van der Waals surface area contributed by atoms with Crippen molar-refractivity contribution in [1.82, 2.24) is 19.3 Å². The molecule has 0 spiro atoms. The van der Waals surface area contributed by atoms with Gasteiger partial charge >= 0.3 is 0 Å². The molecule has 176 valence electrons. The highest BCUT2D eigenvalue weighted by Gasteiger charge is 2.24. The fraction of sp³-hybridized carbons (Fsp3) is 0.364. The summed E-state index contributed by atoms with van der Waals surface area (Å²) in [5.41, 5.74) is 1.38. The second kappa shape index (κ2) is 10.8. The SMILES string of the molecule is CCN(CC)c1ccc(S(=O)(=O)N(CC)CC)cc1NC(=O)c1csc(-c2ncccn2)n1. The van der Waals surface area contributed by atoms with Gasteiger partial charge in [0.25, 0.3) is 5.91 Å². The number of thiazole rings is 1. The summed E-state index contributed by atoms with van der Waals surface area (Å²) in [5.74, 6) is 0.0110. The van der Waals surface area contributed by atoms with Crippen molar-refractivity contribution in [3.63, 3.8) is 0 Å². The second-order valence-electron chi connectivity index (χ2n) is 7.00. The van der Waals surface area contributed by atoms with Gasteiger partial charge in [-0.3, -0.25) is 4.79 Å². The van der Waals surface area contributed by atoms with E-state index in [0.29, 0.717) is 42.7 Å². The number of aromatic nitrogens is 3. The molecule has 0 radical (unpaired) electrons. The summed E-state index contributed by atoms with van der Waals surface area (Å²) < 4.78 is 27.5. The van der Waals surface area contributed by atoms with E-state index < -0.39 is 15.9 Å². The Bertz CT molecular complexity index is 1190. The van der Waals surface area contributed by atoms with Gasteiger partial charge in [-0.05, 0) is 38.1 Å². The van der Waals surface area contributed by atoms with Crippen LogP contribution >= 0.6 is 11.3 Å². The van der Waals surface area contributed by atoms with Gasteiger partial charge in [-0.25, -0.2) is 23.4 Å².